The highest BCUT2D eigenvalue weighted by Gasteiger charge is 2.28. The minimum atomic E-state index is -0.434. The highest BCUT2D eigenvalue weighted by Crippen LogP contribution is 2.23. The predicted molar refractivity (Wildman–Crippen MR) is 99.6 cm³/mol. The fraction of sp³-hybridized carbons (Fsp3) is 0.333. The van der Waals surface area contributed by atoms with Crippen molar-refractivity contribution in [3.8, 4) is 0 Å². The number of nitrogens with one attached hydrogen (secondary N) is 1. The molecule has 1 aliphatic rings. The summed E-state index contributed by atoms with van der Waals surface area (Å²) in [5.41, 5.74) is 2.76. The van der Waals surface area contributed by atoms with Crippen LogP contribution in [0.3, 0.4) is 0 Å². The molecule has 0 unspecified atom stereocenters. The van der Waals surface area contributed by atoms with Gasteiger partial charge in [0, 0.05) is 24.6 Å². The lowest BCUT2D eigenvalue weighted by Gasteiger charge is -2.31. The predicted octanol–water partition coefficient (Wildman–Crippen LogP) is 3.93. The Morgan fingerprint density at radius 2 is 1.77 bits per heavy atom. The van der Waals surface area contributed by atoms with Gasteiger partial charge in [0.15, 0.2) is 0 Å². The van der Waals surface area contributed by atoms with E-state index in [0.29, 0.717) is 31.5 Å². The molecule has 4 nitrogen and oxygen atoms in total. The average molecular weight is 354 g/mol. The second-order valence-electron chi connectivity index (χ2n) is 6.85. The number of hydrogen-bond donors (Lipinski definition) is 1. The molecule has 26 heavy (non-hydrogen) atoms. The van der Waals surface area contributed by atoms with Gasteiger partial charge in [-0.3, -0.25) is 9.59 Å². The average Bonchev–Trinajstić information content (AvgIpc) is 2.64. The second kappa shape index (κ2) is 7.68. The van der Waals surface area contributed by atoms with Crippen LogP contribution in [0.4, 0.5) is 10.1 Å². The first-order valence-electron chi connectivity index (χ1n) is 8.87. The molecule has 0 saturated carbocycles. The Labute approximate surface area is 153 Å². The summed E-state index contributed by atoms with van der Waals surface area (Å²) in [4.78, 5) is 26.9. The Balaban J connectivity index is 1.60. The van der Waals surface area contributed by atoms with E-state index in [1.165, 1.54) is 6.07 Å². The molecule has 1 heterocycles. The van der Waals surface area contributed by atoms with Gasteiger partial charge in [-0.2, -0.15) is 0 Å². The fourth-order valence-electron chi connectivity index (χ4n) is 3.30. The van der Waals surface area contributed by atoms with Crippen LogP contribution in [0, 0.1) is 25.6 Å². The Hall–Kier alpha value is -2.69. The summed E-state index contributed by atoms with van der Waals surface area (Å²) in [5.74, 6) is -0.823. The summed E-state index contributed by atoms with van der Waals surface area (Å²) < 4.78 is 13.8. The van der Waals surface area contributed by atoms with Crippen molar-refractivity contribution in [2.45, 2.75) is 26.7 Å². The molecule has 1 aliphatic heterocycles. The largest absolute Gasteiger partial charge is 0.339 e. The molecule has 1 N–H and O–H groups in total. The number of hydrogen-bond acceptors (Lipinski definition) is 2. The quantitative estimate of drug-likeness (QED) is 0.908. The SMILES string of the molecule is Cc1ccc(F)c(NC(=O)C2CCN(C(=O)c3ccccc3C)CC2)c1. The van der Waals surface area contributed by atoms with Crippen molar-refractivity contribution >= 4 is 17.5 Å². The van der Waals surface area contributed by atoms with Gasteiger partial charge in [-0.05, 0) is 56.0 Å². The maximum atomic E-state index is 13.8. The van der Waals surface area contributed by atoms with Crippen LogP contribution < -0.4 is 5.32 Å². The first kappa shape index (κ1) is 18.1. The second-order valence-corrected chi connectivity index (χ2v) is 6.85. The van der Waals surface area contributed by atoms with Crippen LogP contribution in [0.15, 0.2) is 42.5 Å². The zero-order chi connectivity index (χ0) is 18.7. The van der Waals surface area contributed by atoms with Crippen LogP contribution in [-0.2, 0) is 4.79 Å². The van der Waals surface area contributed by atoms with Crippen molar-refractivity contribution in [3.05, 3.63) is 65.0 Å². The van der Waals surface area contributed by atoms with Gasteiger partial charge in [0.2, 0.25) is 5.91 Å². The highest BCUT2D eigenvalue weighted by molar-refractivity contribution is 5.96. The molecule has 0 bridgehead atoms. The third kappa shape index (κ3) is 3.93. The normalized spacial score (nSPS) is 15.0. The Morgan fingerprint density at radius 1 is 1.08 bits per heavy atom. The van der Waals surface area contributed by atoms with E-state index in [1.807, 2.05) is 38.1 Å². The number of benzene rings is 2. The fourth-order valence-corrected chi connectivity index (χ4v) is 3.30. The van der Waals surface area contributed by atoms with Crippen LogP contribution in [0.1, 0.15) is 34.3 Å². The van der Waals surface area contributed by atoms with Gasteiger partial charge in [-0.15, -0.1) is 0 Å². The molecule has 0 atom stereocenters. The van der Waals surface area contributed by atoms with Crippen molar-refractivity contribution in [1.29, 1.82) is 0 Å². The maximum Gasteiger partial charge on any atom is 0.254 e. The molecule has 0 spiro atoms. The van der Waals surface area contributed by atoms with E-state index < -0.39 is 5.82 Å². The van der Waals surface area contributed by atoms with E-state index in [2.05, 4.69) is 5.32 Å². The monoisotopic (exact) mass is 354 g/mol. The van der Waals surface area contributed by atoms with E-state index in [0.717, 1.165) is 11.1 Å². The van der Waals surface area contributed by atoms with Crippen LogP contribution in [0.5, 0.6) is 0 Å². The molecule has 2 amide bonds. The minimum absolute atomic E-state index is 0.00619. The first-order chi connectivity index (χ1) is 12.5. The molecule has 1 fully saturated rings. The lowest BCUT2D eigenvalue weighted by Crippen LogP contribution is -2.41. The zero-order valence-electron chi connectivity index (χ0n) is 15.1. The summed E-state index contributed by atoms with van der Waals surface area (Å²) in [6, 6.07) is 12.2. The summed E-state index contributed by atoms with van der Waals surface area (Å²) in [6.07, 6.45) is 1.16. The van der Waals surface area contributed by atoms with E-state index >= 15 is 0 Å². The molecule has 2 aromatic rings. The Kier molecular flexibility index (Phi) is 5.35. The number of nitrogens with zero attached hydrogens (tertiary/aromatic N) is 1. The number of rotatable bonds is 3. The topological polar surface area (TPSA) is 49.4 Å². The van der Waals surface area contributed by atoms with E-state index in [9.17, 15) is 14.0 Å². The number of carbonyl (C=O) groups is 2. The number of piperidine rings is 1. The van der Waals surface area contributed by atoms with Crippen LogP contribution in [0.25, 0.3) is 0 Å². The van der Waals surface area contributed by atoms with Gasteiger partial charge >= 0.3 is 0 Å². The van der Waals surface area contributed by atoms with Crippen molar-refractivity contribution in [2.24, 2.45) is 5.92 Å². The lowest BCUT2D eigenvalue weighted by molar-refractivity contribution is -0.121. The molecular formula is C21H23FN2O2. The molecule has 0 radical (unpaired) electrons. The zero-order valence-corrected chi connectivity index (χ0v) is 15.1. The number of aryl methyl sites for hydroxylation is 2. The summed E-state index contributed by atoms with van der Waals surface area (Å²) in [7, 11) is 0. The standard InChI is InChI=1S/C21H23FN2O2/c1-14-7-8-18(22)19(13-14)23-20(25)16-9-11-24(12-10-16)21(26)17-6-4-3-5-15(17)2/h3-8,13,16H,9-12H2,1-2H3,(H,23,25). The lowest BCUT2D eigenvalue weighted by atomic mass is 9.95. The summed E-state index contributed by atoms with van der Waals surface area (Å²) in [5, 5.41) is 2.69. The van der Waals surface area contributed by atoms with Crippen LogP contribution in [-0.4, -0.2) is 29.8 Å². The number of amides is 2. The first-order valence-corrected chi connectivity index (χ1v) is 8.87. The number of carbonyl (C=O) groups excluding carboxylic acids is 2. The van der Waals surface area contributed by atoms with Gasteiger partial charge in [0.1, 0.15) is 5.82 Å². The Bertz CT molecular complexity index is 827. The Morgan fingerprint density at radius 3 is 2.46 bits per heavy atom. The summed E-state index contributed by atoms with van der Waals surface area (Å²) >= 11 is 0. The van der Waals surface area contributed by atoms with E-state index in [-0.39, 0.29) is 23.4 Å². The maximum absolute atomic E-state index is 13.8. The number of likely N-dealkylation sites (tertiary alicyclic amines) is 1. The highest BCUT2D eigenvalue weighted by atomic mass is 19.1. The molecule has 0 aromatic heterocycles. The van der Waals surface area contributed by atoms with Gasteiger partial charge < -0.3 is 10.2 Å². The van der Waals surface area contributed by atoms with Gasteiger partial charge in [-0.1, -0.05) is 24.3 Å². The summed E-state index contributed by atoms with van der Waals surface area (Å²) in [6.45, 7) is 4.83. The van der Waals surface area contributed by atoms with Crippen molar-refractivity contribution < 1.29 is 14.0 Å². The molecule has 2 aromatic carbocycles. The number of halogens is 1. The van der Waals surface area contributed by atoms with Crippen LogP contribution >= 0.6 is 0 Å². The van der Waals surface area contributed by atoms with Gasteiger partial charge in [0.05, 0.1) is 5.69 Å². The third-order valence-corrected chi connectivity index (χ3v) is 4.91. The van der Waals surface area contributed by atoms with Gasteiger partial charge in [0.25, 0.3) is 5.91 Å². The van der Waals surface area contributed by atoms with Crippen molar-refractivity contribution in [2.75, 3.05) is 18.4 Å². The van der Waals surface area contributed by atoms with Crippen molar-refractivity contribution in [3.63, 3.8) is 0 Å². The van der Waals surface area contributed by atoms with Gasteiger partial charge in [-0.25, -0.2) is 4.39 Å². The van der Waals surface area contributed by atoms with Crippen LogP contribution in [0.2, 0.25) is 0 Å². The van der Waals surface area contributed by atoms with Crippen molar-refractivity contribution in [1.82, 2.24) is 4.90 Å². The third-order valence-electron chi connectivity index (χ3n) is 4.91. The van der Waals surface area contributed by atoms with E-state index in [1.54, 1.807) is 17.0 Å². The molecule has 0 aliphatic carbocycles. The molecule has 3 rings (SSSR count). The molecule has 136 valence electrons. The molecular weight excluding hydrogens is 331 g/mol. The number of anilines is 1. The minimum Gasteiger partial charge on any atom is -0.339 e. The van der Waals surface area contributed by atoms with E-state index in [4.69, 9.17) is 0 Å². The molecule has 1 saturated heterocycles. The smallest absolute Gasteiger partial charge is 0.254 e. The molecule has 5 heteroatoms.